The molecule has 0 saturated heterocycles. The second kappa shape index (κ2) is 12.5. The number of para-hydroxylation sites is 3. The molecular formula is C37H42N8O. The quantitative estimate of drug-likeness (QED) is 0.113. The standard InChI is InChI=1S/C37H42N8O/c1-37(2,38)36(46)42-33(20-26-23-41-32-16-8-5-13-29(26)32)35-44-43-34(17-9-10-24-21-39-30-14-6-3-11-27(24)30)45(35)19-18-25-22-40-31-15-7-4-12-28(25)31/h3-8,11-16,22-24,33,39-41H,9-10,17-21,38H2,1-2H3,(H,42,46)/t24?,33-/m1/s1. The maximum absolute atomic E-state index is 13.4. The van der Waals surface area contributed by atoms with Gasteiger partial charge >= 0.3 is 0 Å². The summed E-state index contributed by atoms with van der Waals surface area (Å²) in [6, 6.07) is 24.8. The lowest BCUT2D eigenvalue weighted by atomic mass is 9.95. The Labute approximate surface area is 269 Å². The second-order valence-corrected chi connectivity index (χ2v) is 13.1. The van der Waals surface area contributed by atoms with E-state index in [1.807, 2.05) is 24.4 Å². The summed E-state index contributed by atoms with van der Waals surface area (Å²) in [6.07, 6.45) is 8.33. The van der Waals surface area contributed by atoms with Crippen molar-refractivity contribution >= 4 is 33.4 Å². The average Bonchev–Trinajstić information content (AvgIpc) is 3.85. The first-order valence-electron chi connectivity index (χ1n) is 16.3. The summed E-state index contributed by atoms with van der Waals surface area (Å²) in [5.74, 6) is 1.96. The van der Waals surface area contributed by atoms with Gasteiger partial charge in [0.05, 0.1) is 11.6 Å². The highest BCUT2D eigenvalue weighted by Crippen LogP contribution is 2.34. The molecule has 6 aromatic rings. The van der Waals surface area contributed by atoms with Crippen LogP contribution in [0.5, 0.6) is 0 Å². The third-order valence-corrected chi connectivity index (χ3v) is 9.33. The van der Waals surface area contributed by atoms with Gasteiger partial charge in [0.25, 0.3) is 0 Å². The molecule has 0 spiro atoms. The zero-order valence-corrected chi connectivity index (χ0v) is 26.5. The molecule has 1 amide bonds. The maximum Gasteiger partial charge on any atom is 0.240 e. The number of benzene rings is 3. The van der Waals surface area contributed by atoms with Crippen LogP contribution in [0.4, 0.5) is 5.69 Å². The largest absolute Gasteiger partial charge is 0.384 e. The number of fused-ring (bicyclic) bond motifs is 3. The zero-order chi connectivity index (χ0) is 31.7. The average molecular weight is 615 g/mol. The van der Waals surface area contributed by atoms with Gasteiger partial charge in [-0.05, 0) is 68.0 Å². The van der Waals surface area contributed by atoms with E-state index >= 15 is 0 Å². The van der Waals surface area contributed by atoms with E-state index in [4.69, 9.17) is 15.9 Å². The second-order valence-electron chi connectivity index (χ2n) is 13.1. The molecule has 0 bridgehead atoms. The highest BCUT2D eigenvalue weighted by atomic mass is 16.2. The number of hydrogen-bond acceptors (Lipinski definition) is 5. The van der Waals surface area contributed by atoms with Crippen molar-refractivity contribution in [3.05, 3.63) is 114 Å². The molecular weight excluding hydrogens is 572 g/mol. The lowest BCUT2D eigenvalue weighted by Gasteiger charge is -2.25. The van der Waals surface area contributed by atoms with Crippen LogP contribution in [0.1, 0.15) is 67.0 Å². The van der Waals surface area contributed by atoms with Crippen molar-refractivity contribution in [3.63, 3.8) is 0 Å². The number of amides is 1. The summed E-state index contributed by atoms with van der Waals surface area (Å²) in [7, 11) is 0. The van der Waals surface area contributed by atoms with Gasteiger partial charge in [-0.25, -0.2) is 0 Å². The number of carbonyl (C=O) groups is 1. The number of aromatic amines is 2. The van der Waals surface area contributed by atoms with Gasteiger partial charge < -0.3 is 30.9 Å². The van der Waals surface area contributed by atoms with Crippen molar-refractivity contribution < 1.29 is 4.79 Å². The van der Waals surface area contributed by atoms with Gasteiger partial charge in [0.1, 0.15) is 5.82 Å². The van der Waals surface area contributed by atoms with E-state index in [1.165, 1.54) is 22.2 Å². The van der Waals surface area contributed by atoms with E-state index in [1.54, 1.807) is 13.8 Å². The molecule has 3 aromatic carbocycles. The minimum absolute atomic E-state index is 0.225. The first-order valence-corrected chi connectivity index (χ1v) is 16.3. The molecule has 1 unspecified atom stereocenters. The first-order chi connectivity index (χ1) is 22.3. The fourth-order valence-electron chi connectivity index (χ4n) is 6.80. The Hall–Kier alpha value is -4.89. The lowest BCUT2D eigenvalue weighted by molar-refractivity contribution is -0.126. The van der Waals surface area contributed by atoms with Crippen LogP contribution in [-0.2, 0) is 30.6 Å². The van der Waals surface area contributed by atoms with Crippen LogP contribution in [-0.4, -0.2) is 42.7 Å². The number of aromatic nitrogens is 5. The number of anilines is 1. The number of H-pyrrole nitrogens is 2. The number of carbonyl (C=O) groups excluding carboxylic acids is 1. The van der Waals surface area contributed by atoms with Crippen molar-refractivity contribution in [1.82, 2.24) is 30.0 Å². The molecule has 1 aliphatic heterocycles. The predicted molar refractivity (Wildman–Crippen MR) is 184 cm³/mol. The summed E-state index contributed by atoms with van der Waals surface area (Å²) in [5, 5.41) is 18.7. The Kier molecular flexibility index (Phi) is 8.09. The smallest absolute Gasteiger partial charge is 0.240 e. The molecule has 2 atom stereocenters. The van der Waals surface area contributed by atoms with Crippen LogP contribution in [0.2, 0.25) is 0 Å². The Balaban J connectivity index is 1.20. The summed E-state index contributed by atoms with van der Waals surface area (Å²) >= 11 is 0. The number of aryl methyl sites for hydroxylation is 2. The van der Waals surface area contributed by atoms with Crippen LogP contribution in [0.15, 0.2) is 85.2 Å². The Morgan fingerprint density at radius 3 is 2.37 bits per heavy atom. The van der Waals surface area contributed by atoms with Crippen molar-refractivity contribution in [1.29, 1.82) is 0 Å². The number of hydrogen-bond donors (Lipinski definition) is 5. The molecule has 236 valence electrons. The van der Waals surface area contributed by atoms with E-state index in [-0.39, 0.29) is 5.91 Å². The van der Waals surface area contributed by atoms with Gasteiger partial charge in [-0.1, -0.05) is 54.6 Å². The number of nitrogens with zero attached hydrogens (tertiary/aromatic N) is 3. The highest BCUT2D eigenvalue weighted by Gasteiger charge is 2.30. The van der Waals surface area contributed by atoms with Crippen molar-refractivity contribution in [2.24, 2.45) is 5.73 Å². The fourth-order valence-corrected chi connectivity index (χ4v) is 6.80. The topological polar surface area (TPSA) is 129 Å². The lowest BCUT2D eigenvalue weighted by Crippen LogP contribution is -2.50. The minimum atomic E-state index is -1.04. The van der Waals surface area contributed by atoms with Crippen LogP contribution in [0.25, 0.3) is 21.8 Å². The molecule has 6 N–H and O–H groups in total. The molecule has 1 aliphatic rings. The van der Waals surface area contributed by atoms with Gasteiger partial charge in [0.2, 0.25) is 5.91 Å². The van der Waals surface area contributed by atoms with E-state index in [9.17, 15) is 4.79 Å². The minimum Gasteiger partial charge on any atom is -0.384 e. The summed E-state index contributed by atoms with van der Waals surface area (Å²) in [5.41, 5.74) is 12.4. The third kappa shape index (κ3) is 6.02. The Morgan fingerprint density at radius 2 is 1.61 bits per heavy atom. The van der Waals surface area contributed by atoms with E-state index in [0.717, 1.165) is 65.9 Å². The van der Waals surface area contributed by atoms with Gasteiger partial charge in [-0.2, -0.15) is 0 Å². The summed E-state index contributed by atoms with van der Waals surface area (Å²) in [4.78, 5) is 20.2. The monoisotopic (exact) mass is 614 g/mol. The molecule has 0 radical (unpaired) electrons. The number of nitrogens with one attached hydrogen (secondary N) is 4. The van der Waals surface area contributed by atoms with Crippen molar-refractivity contribution in [3.8, 4) is 0 Å². The summed E-state index contributed by atoms with van der Waals surface area (Å²) < 4.78 is 2.24. The normalized spacial score (nSPS) is 15.2. The van der Waals surface area contributed by atoms with Crippen molar-refractivity contribution in [2.75, 3.05) is 11.9 Å². The fraction of sp³-hybridized carbons (Fsp3) is 0.324. The van der Waals surface area contributed by atoms with Crippen LogP contribution in [0, 0.1) is 0 Å². The number of nitrogens with two attached hydrogens (primary N) is 1. The zero-order valence-electron chi connectivity index (χ0n) is 26.5. The first kappa shape index (κ1) is 29.8. The van der Waals surface area contributed by atoms with E-state index < -0.39 is 11.6 Å². The van der Waals surface area contributed by atoms with Gasteiger partial charge in [0.15, 0.2) is 5.82 Å². The molecule has 7 rings (SSSR count). The van der Waals surface area contributed by atoms with E-state index in [2.05, 4.69) is 86.0 Å². The van der Waals surface area contributed by atoms with Crippen LogP contribution >= 0.6 is 0 Å². The van der Waals surface area contributed by atoms with Crippen LogP contribution < -0.4 is 16.4 Å². The van der Waals surface area contributed by atoms with Gasteiger partial charge in [-0.3, -0.25) is 4.79 Å². The van der Waals surface area contributed by atoms with Crippen LogP contribution in [0.3, 0.4) is 0 Å². The molecule has 9 nitrogen and oxygen atoms in total. The highest BCUT2D eigenvalue weighted by molar-refractivity contribution is 5.86. The molecule has 4 heterocycles. The molecule has 9 heteroatoms. The predicted octanol–water partition coefficient (Wildman–Crippen LogP) is 6.15. The third-order valence-electron chi connectivity index (χ3n) is 9.33. The van der Waals surface area contributed by atoms with Gasteiger partial charge in [0, 0.05) is 71.7 Å². The molecule has 46 heavy (non-hydrogen) atoms. The van der Waals surface area contributed by atoms with Gasteiger partial charge in [-0.15, -0.1) is 10.2 Å². The maximum atomic E-state index is 13.4. The Morgan fingerprint density at radius 1 is 0.935 bits per heavy atom. The van der Waals surface area contributed by atoms with E-state index in [0.29, 0.717) is 18.9 Å². The molecule has 3 aromatic heterocycles. The SMILES string of the molecule is CC(C)(N)C(=O)N[C@H](Cc1c[nH]c2ccccc12)c1nnc(CCCC2CNc3ccccc32)n1CCc1c[nH]c2ccccc12. The Bertz CT molecular complexity index is 1980. The van der Waals surface area contributed by atoms with Crippen molar-refractivity contribution in [2.45, 2.75) is 70.0 Å². The number of rotatable bonds is 12. The molecule has 0 aliphatic carbocycles. The summed E-state index contributed by atoms with van der Waals surface area (Å²) in [6.45, 7) is 5.12. The molecule has 0 fully saturated rings. The molecule has 0 saturated carbocycles.